The smallest absolute Gasteiger partial charge is 0.137 e. The van der Waals surface area contributed by atoms with Crippen LogP contribution in [-0.4, -0.2) is 29.3 Å². The van der Waals surface area contributed by atoms with Crippen LogP contribution in [0.3, 0.4) is 0 Å². The number of aromatic nitrogens is 1. The second-order valence-corrected chi connectivity index (χ2v) is 5.31. The highest BCUT2D eigenvalue weighted by molar-refractivity contribution is 5.81. The van der Waals surface area contributed by atoms with Gasteiger partial charge in [0.05, 0.1) is 0 Å². The molecule has 1 unspecified atom stereocenters. The molecule has 0 bridgehead atoms. The number of rotatable bonds is 4. The summed E-state index contributed by atoms with van der Waals surface area (Å²) in [6.45, 7) is 1.79. The van der Waals surface area contributed by atoms with E-state index in [9.17, 15) is 4.79 Å². The summed E-state index contributed by atoms with van der Waals surface area (Å²) in [7, 11) is 2.10. The van der Waals surface area contributed by atoms with E-state index in [1.807, 2.05) is 24.5 Å². The molecule has 0 amide bonds. The molecule has 1 aliphatic rings. The Morgan fingerprint density at radius 2 is 2.06 bits per heavy atom. The van der Waals surface area contributed by atoms with Gasteiger partial charge >= 0.3 is 0 Å². The SMILES string of the molecule is CN(Cc1ccncc1)CC1CCCCCC1=O. The standard InChI is InChI=1S/C15H22N2O/c1-17(11-13-7-9-16-10-8-13)12-14-5-3-2-4-6-15(14)18/h7-10,14H,2-6,11-12H2,1H3. The number of carbonyl (C=O) groups excluding carboxylic acids is 1. The van der Waals surface area contributed by atoms with Crippen molar-refractivity contribution in [2.75, 3.05) is 13.6 Å². The van der Waals surface area contributed by atoms with Crippen LogP contribution in [0.1, 0.15) is 37.7 Å². The van der Waals surface area contributed by atoms with Gasteiger partial charge in [-0.3, -0.25) is 9.78 Å². The molecule has 1 aromatic rings. The van der Waals surface area contributed by atoms with Crippen molar-refractivity contribution in [3.63, 3.8) is 0 Å². The van der Waals surface area contributed by atoms with E-state index < -0.39 is 0 Å². The van der Waals surface area contributed by atoms with Crippen LogP contribution in [0.5, 0.6) is 0 Å². The van der Waals surface area contributed by atoms with Gasteiger partial charge in [-0.2, -0.15) is 0 Å². The molecule has 0 aliphatic heterocycles. The first kappa shape index (κ1) is 13.2. The van der Waals surface area contributed by atoms with E-state index in [-0.39, 0.29) is 5.92 Å². The van der Waals surface area contributed by atoms with Crippen molar-refractivity contribution >= 4 is 5.78 Å². The summed E-state index contributed by atoms with van der Waals surface area (Å²) in [6, 6.07) is 4.07. The molecule has 0 spiro atoms. The van der Waals surface area contributed by atoms with Crippen molar-refractivity contribution in [2.24, 2.45) is 5.92 Å². The Morgan fingerprint density at radius 3 is 2.83 bits per heavy atom. The van der Waals surface area contributed by atoms with E-state index in [1.54, 1.807) is 0 Å². The van der Waals surface area contributed by atoms with Gasteiger partial charge in [-0.15, -0.1) is 0 Å². The molecule has 2 rings (SSSR count). The van der Waals surface area contributed by atoms with Crippen LogP contribution in [-0.2, 0) is 11.3 Å². The zero-order valence-corrected chi connectivity index (χ0v) is 11.1. The summed E-state index contributed by atoms with van der Waals surface area (Å²) < 4.78 is 0. The van der Waals surface area contributed by atoms with E-state index in [4.69, 9.17) is 0 Å². The zero-order valence-electron chi connectivity index (χ0n) is 11.1. The second kappa shape index (κ2) is 6.64. The van der Waals surface area contributed by atoms with E-state index >= 15 is 0 Å². The Morgan fingerprint density at radius 1 is 1.28 bits per heavy atom. The van der Waals surface area contributed by atoms with Crippen molar-refractivity contribution in [1.29, 1.82) is 0 Å². The summed E-state index contributed by atoms with van der Waals surface area (Å²) in [5, 5.41) is 0. The van der Waals surface area contributed by atoms with Gasteiger partial charge in [-0.05, 0) is 37.6 Å². The van der Waals surface area contributed by atoms with E-state index in [0.29, 0.717) is 5.78 Å². The second-order valence-electron chi connectivity index (χ2n) is 5.31. The summed E-state index contributed by atoms with van der Waals surface area (Å²) >= 11 is 0. The Kier molecular flexibility index (Phi) is 4.88. The minimum atomic E-state index is 0.249. The number of Topliss-reactive ketones (excluding diaryl/α,β-unsaturated/α-hetero) is 1. The van der Waals surface area contributed by atoms with Crippen LogP contribution in [0.15, 0.2) is 24.5 Å². The molecule has 1 atom stereocenters. The number of nitrogens with zero attached hydrogens (tertiary/aromatic N) is 2. The van der Waals surface area contributed by atoms with Gasteiger partial charge in [0.15, 0.2) is 0 Å². The molecule has 0 radical (unpaired) electrons. The highest BCUT2D eigenvalue weighted by Gasteiger charge is 2.21. The van der Waals surface area contributed by atoms with Crippen LogP contribution in [0.25, 0.3) is 0 Å². The first-order valence-electron chi connectivity index (χ1n) is 6.86. The largest absolute Gasteiger partial charge is 0.301 e. The van der Waals surface area contributed by atoms with Gasteiger partial charge in [0.25, 0.3) is 0 Å². The van der Waals surface area contributed by atoms with Gasteiger partial charge < -0.3 is 4.90 Å². The molecule has 0 saturated heterocycles. The molecular weight excluding hydrogens is 224 g/mol. The minimum absolute atomic E-state index is 0.249. The predicted octanol–water partition coefficient (Wildman–Crippen LogP) is 2.66. The topological polar surface area (TPSA) is 33.2 Å². The molecule has 3 nitrogen and oxygen atoms in total. The van der Waals surface area contributed by atoms with Crippen LogP contribution in [0, 0.1) is 5.92 Å². The lowest BCUT2D eigenvalue weighted by Crippen LogP contribution is -2.29. The number of ketones is 1. The minimum Gasteiger partial charge on any atom is -0.301 e. The highest BCUT2D eigenvalue weighted by atomic mass is 16.1. The fraction of sp³-hybridized carbons (Fsp3) is 0.600. The average Bonchev–Trinajstić information content (AvgIpc) is 2.56. The van der Waals surface area contributed by atoms with Gasteiger partial charge in [-0.25, -0.2) is 0 Å². The van der Waals surface area contributed by atoms with Crippen LogP contribution in [0.2, 0.25) is 0 Å². The summed E-state index contributed by atoms with van der Waals surface area (Å²) in [5.74, 6) is 0.716. The van der Waals surface area contributed by atoms with Crippen molar-refractivity contribution in [3.05, 3.63) is 30.1 Å². The van der Waals surface area contributed by atoms with Crippen LogP contribution >= 0.6 is 0 Å². The Bertz CT molecular complexity index is 377. The first-order valence-corrected chi connectivity index (χ1v) is 6.86. The van der Waals surface area contributed by atoms with E-state index in [0.717, 1.165) is 32.4 Å². The third-order valence-corrected chi connectivity index (χ3v) is 3.67. The Balaban J connectivity index is 1.86. The summed E-state index contributed by atoms with van der Waals surface area (Å²) in [5.41, 5.74) is 1.26. The fourth-order valence-electron chi connectivity index (χ4n) is 2.67. The van der Waals surface area contributed by atoms with Crippen molar-refractivity contribution in [3.8, 4) is 0 Å². The zero-order chi connectivity index (χ0) is 12.8. The van der Waals surface area contributed by atoms with Gasteiger partial charge in [0.1, 0.15) is 5.78 Å². The third-order valence-electron chi connectivity index (χ3n) is 3.67. The first-order chi connectivity index (χ1) is 8.75. The van der Waals surface area contributed by atoms with Crippen molar-refractivity contribution in [2.45, 2.75) is 38.6 Å². The van der Waals surface area contributed by atoms with Gasteiger partial charge in [0.2, 0.25) is 0 Å². The maximum absolute atomic E-state index is 12.0. The van der Waals surface area contributed by atoms with Crippen LogP contribution in [0.4, 0.5) is 0 Å². The molecule has 98 valence electrons. The molecular formula is C15H22N2O. The third kappa shape index (κ3) is 3.91. The van der Waals surface area contributed by atoms with E-state index in [1.165, 1.54) is 18.4 Å². The molecule has 0 N–H and O–H groups in total. The lowest BCUT2D eigenvalue weighted by Gasteiger charge is -2.22. The Hall–Kier alpha value is -1.22. The normalized spacial score (nSPS) is 21.0. The molecule has 1 aromatic heterocycles. The fourth-order valence-corrected chi connectivity index (χ4v) is 2.67. The molecule has 18 heavy (non-hydrogen) atoms. The average molecular weight is 246 g/mol. The molecule has 1 heterocycles. The molecule has 1 saturated carbocycles. The Labute approximate surface area is 109 Å². The predicted molar refractivity (Wildman–Crippen MR) is 72.2 cm³/mol. The van der Waals surface area contributed by atoms with Gasteiger partial charge in [0, 0.05) is 37.8 Å². The maximum atomic E-state index is 12.0. The number of hydrogen-bond acceptors (Lipinski definition) is 3. The monoisotopic (exact) mass is 246 g/mol. The number of carbonyl (C=O) groups is 1. The quantitative estimate of drug-likeness (QED) is 0.766. The van der Waals surface area contributed by atoms with Crippen LogP contribution < -0.4 is 0 Å². The van der Waals surface area contributed by atoms with Crippen molar-refractivity contribution in [1.82, 2.24) is 9.88 Å². The molecule has 0 aromatic carbocycles. The van der Waals surface area contributed by atoms with E-state index in [2.05, 4.69) is 16.9 Å². The van der Waals surface area contributed by atoms with Crippen molar-refractivity contribution < 1.29 is 4.79 Å². The molecule has 1 aliphatic carbocycles. The molecule has 1 fully saturated rings. The maximum Gasteiger partial charge on any atom is 0.137 e. The lowest BCUT2D eigenvalue weighted by molar-refractivity contribution is -0.123. The summed E-state index contributed by atoms with van der Waals surface area (Å²) in [4.78, 5) is 18.2. The molecule has 3 heteroatoms. The summed E-state index contributed by atoms with van der Waals surface area (Å²) in [6.07, 6.45) is 9.01. The lowest BCUT2D eigenvalue weighted by atomic mass is 9.98. The number of pyridine rings is 1. The van der Waals surface area contributed by atoms with Gasteiger partial charge in [-0.1, -0.05) is 12.8 Å². The highest BCUT2D eigenvalue weighted by Crippen LogP contribution is 2.21. The number of hydrogen-bond donors (Lipinski definition) is 0.